The number of nitrogens with zero attached hydrogens (tertiary/aromatic N) is 1. The van der Waals surface area contributed by atoms with Gasteiger partial charge in [-0.15, -0.1) is 0 Å². The Kier molecular flexibility index (Phi) is 4.27. The van der Waals surface area contributed by atoms with Crippen molar-refractivity contribution < 1.29 is 14.6 Å². The van der Waals surface area contributed by atoms with Crippen LogP contribution in [0.5, 0.6) is 11.5 Å². The van der Waals surface area contributed by atoms with Crippen molar-refractivity contribution in [3.05, 3.63) is 23.8 Å². The summed E-state index contributed by atoms with van der Waals surface area (Å²) in [5.41, 5.74) is 0.881. The summed E-state index contributed by atoms with van der Waals surface area (Å²) in [6, 6.07) is 5.18. The summed E-state index contributed by atoms with van der Waals surface area (Å²) < 4.78 is 10.8. The number of hydrogen-bond donors (Lipinski definition) is 1. The van der Waals surface area contributed by atoms with E-state index in [2.05, 4.69) is 4.90 Å². The minimum Gasteiger partial charge on any atom is -0.504 e. The minimum absolute atomic E-state index is 0.123. The number of aromatic hydroxyl groups is 1. The van der Waals surface area contributed by atoms with Gasteiger partial charge in [0.2, 0.25) is 0 Å². The van der Waals surface area contributed by atoms with E-state index in [1.165, 1.54) is 7.11 Å². The quantitative estimate of drug-likeness (QED) is 0.842. The number of methoxy groups -OCH3 is 1. The Morgan fingerprint density at radius 2 is 2.00 bits per heavy atom. The first-order valence-electron chi connectivity index (χ1n) is 6.33. The summed E-state index contributed by atoms with van der Waals surface area (Å²) in [6.07, 6.45) is 0.335. The molecular weight excluding hydrogens is 262 g/mol. The smallest absolute Gasteiger partial charge is 0.161 e. The Hall–Kier alpha value is -1.33. The highest BCUT2D eigenvalue weighted by Crippen LogP contribution is 2.27. The van der Waals surface area contributed by atoms with Crippen molar-refractivity contribution in [1.82, 2.24) is 4.90 Å². The molecule has 0 aromatic heterocycles. The summed E-state index contributed by atoms with van der Waals surface area (Å²) in [5, 5.41) is 9.61. The Bertz CT molecular complexity index is 468. The first kappa shape index (κ1) is 14.1. The standard InChI is InChI=1S/C14H19NO3S/c1-9-7-15(8-10(2)18-9)14(19)11-4-5-12(16)13(6-11)17-3/h4-6,9-10,16H,7-8H2,1-3H3. The lowest BCUT2D eigenvalue weighted by atomic mass is 10.1. The second-order valence-electron chi connectivity index (χ2n) is 4.85. The van der Waals surface area contributed by atoms with Crippen LogP contribution in [-0.4, -0.2) is 47.4 Å². The maximum atomic E-state index is 9.61. The fraction of sp³-hybridized carbons (Fsp3) is 0.500. The van der Waals surface area contributed by atoms with Crippen LogP contribution in [0.2, 0.25) is 0 Å². The predicted molar refractivity (Wildman–Crippen MR) is 77.9 cm³/mol. The van der Waals surface area contributed by atoms with Gasteiger partial charge in [0.25, 0.3) is 0 Å². The molecule has 104 valence electrons. The third-order valence-corrected chi connectivity index (χ3v) is 3.63. The molecule has 5 heteroatoms. The van der Waals surface area contributed by atoms with Gasteiger partial charge in [0.05, 0.1) is 19.3 Å². The number of phenols is 1. The Labute approximate surface area is 118 Å². The molecule has 0 amide bonds. The second kappa shape index (κ2) is 5.75. The van der Waals surface area contributed by atoms with Gasteiger partial charge >= 0.3 is 0 Å². The van der Waals surface area contributed by atoms with Gasteiger partial charge in [-0.05, 0) is 32.0 Å². The molecule has 4 nitrogen and oxygen atoms in total. The monoisotopic (exact) mass is 281 g/mol. The molecule has 2 unspecified atom stereocenters. The van der Waals surface area contributed by atoms with E-state index in [9.17, 15) is 5.11 Å². The van der Waals surface area contributed by atoms with Gasteiger partial charge in [-0.3, -0.25) is 0 Å². The SMILES string of the molecule is COc1cc(C(=S)N2CC(C)OC(C)C2)ccc1O. The van der Waals surface area contributed by atoms with E-state index in [4.69, 9.17) is 21.7 Å². The maximum Gasteiger partial charge on any atom is 0.161 e. The molecule has 1 aromatic carbocycles. The van der Waals surface area contributed by atoms with Crippen molar-refractivity contribution >= 4 is 17.2 Å². The molecule has 0 spiro atoms. The molecule has 1 N–H and O–H groups in total. The summed E-state index contributed by atoms with van der Waals surface area (Å²) in [7, 11) is 1.53. The number of morpholine rings is 1. The average molecular weight is 281 g/mol. The molecular formula is C14H19NO3S. The Balaban J connectivity index is 2.19. The van der Waals surface area contributed by atoms with Crippen LogP contribution < -0.4 is 4.74 Å². The van der Waals surface area contributed by atoms with Crippen LogP contribution in [0, 0.1) is 0 Å². The van der Waals surface area contributed by atoms with E-state index in [0.717, 1.165) is 23.6 Å². The minimum atomic E-state index is 0.123. The molecule has 1 aliphatic rings. The molecule has 2 atom stereocenters. The van der Waals surface area contributed by atoms with Gasteiger partial charge < -0.3 is 19.5 Å². The van der Waals surface area contributed by atoms with Crippen LogP contribution >= 0.6 is 12.2 Å². The maximum absolute atomic E-state index is 9.61. The van der Waals surface area contributed by atoms with E-state index < -0.39 is 0 Å². The van der Waals surface area contributed by atoms with E-state index in [1.807, 2.05) is 19.9 Å². The molecule has 19 heavy (non-hydrogen) atoms. The molecule has 0 bridgehead atoms. The summed E-state index contributed by atoms with van der Waals surface area (Å²) in [6.45, 7) is 5.66. The van der Waals surface area contributed by atoms with Gasteiger partial charge in [0.15, 0.2) is 11.5 Å². The highest BCUT2D eigenvalue weighted by molar-refractivity contribution is 7.80. The Morgan fingerprint density at radius 3 is 2.58 bits per heavy atom. The highest BCUT2D eigenvalue weighted by Gasteiger charge is 2.24. The van der Waals surface area contributed by atoms with Gasteiger partial charge in [0.1, 0.15) is 4.99 Å². The number of hydrogen-bond acceptors (Lipinski definition) is 4. The topological polar surface area (TPSA) is 41.9 Å². The van der Waals surface area contributed by atoms with Crippen molar-refractivity contribution in [1.29, 1.82) is 0 Å². The van der Waals surface area contributed by atoms with E-state index in [-0.39, 0.29) is 18.0 Å². The first-order chi connectivity index (χ1) is 9.01. The van der Waals surface area contributed by atoms with Crippen LogP contribution in [0.15, 0.2) is 18.2 Å². The normalized spacial score (nSPS) is 23.2. The van der Waals surface area contributed by atoms with Gasteiger partial charge in [0, 0.05) is 18.7 Å². The zero-order chi connectivity index (χ0) is 14.0. The van der Waals surface area contributed by atoms with Crippen molar-refractivity contribution in [3.8, 4) is 11.5 Å². The third kappa shape index (κ3) is 3.16. The lowest BCUT2D eigenvalue weighted by Gasteiger charge is -2.37. The highest BCUT2D eigenvalue weighted by atomic mass is 32.1. The molecule has 1 heterocycles. The second-order valence-corrected chi connectivity index (χ2v) is 5.24. The van der Waals surface area contributed by atoms with Crippen LogP contribution in [-0.2, 0) is 4.74 Å². The zero-order valence-corrected chi connectivity index (χ0v) is 12.2. The van der Waals surface area contributed by atoms with Crippen molar-refractivity contribution in [3.63, 3.8) is 0 Å². The van der Waals surface area contributed by atoms with Crippen molar-refractivity contribution in [2.75, 3.05) is 20.2 Å². The molecule has 1 saturated heterocycles. The van der Waals surface area contributed by atoms with Crippen LogP contribution in [0.4, 0.5) is 0 Å². The van der Waals surface area contributed by atoms with Gasteiger partial charge in [-0.25, -0.2) is 0 Å². The number of phenolic OH excluding ortho intramolecular Hbond substituents is 1. The molecule has 1 aromatic rings. The van der Waals surface area contributed by atoms with Gasteiger partial charge in [-0.2, -0.15) is 0 Å². The third-order valence-electron chi connectivity index (χ3n) is 3.13. The van der Waals surface area contributed by atoms with Crippen LogP contribution in [0.1, 0.15) is 19.4 Å². The molecule has 2 rings (SSSR count). The fourth-order valence-electron chi connectivity index (χ4n) is 2.34. The predicted octanol–water partition coefficient (Wildman–Crippen LogP) is 2.19. The first-order valence-corrected chi connectivity index (χ1v) is 6.74. The summed E-state index contributed by atoms with van der Waals surface area (Å²) in [4.78, 5) is 2.90. The molecule has 0 saturated carbocycles. The Morgan fingerprint density at radius 1 is 1.37 bits per heavy atom. The molecule has 1 fully saturated rings. The summed E-state index contributed by atoms with van der Waals surface area (Å²) in [5.74, 6) is 0.562. The number of ether oxygens (including phenoxy) is 2. The number of rotatable bonds is 2. The zero-order valence-electron chi connectivity index (χ0n) is 11.4. The van der Waals surface area contributed by atoms with Crippen molar-refractivity contribution in [2.24, 2.45) is 0 Å². The fourth-order valence-corrected chi connectivity index (χ4v) is 2.61. The average Bonchev–Trinajstić information content (AvgIpc) is 2.37. The lowest BCUT2D eigenvalue weighted by Crippen LogP contribution is -2.47. The largest absolute Gasteiger partial charge is 0.504 e. The molecule has 0 aliphatic carbocycles. The summed E-state index contributed by atoms with van der Waals surface area (Å²) >= 11 is 5.53. The van der Waals surface area contributed by atoms with E-state index >= 15 is 0 Å². The molecule has 1 aliphatic heterocycles. The van der Waals surface area contributed by atoms with E-state index in [1.54, 1.807) is 12.1 Å². The number of thiocarbonyl (C=S) groups is 1. The lowest BCUT2D eigenvalue weighted by molar-refractivity contribution is -0.0472. The van der Waals surface area contributed by atoms with Crippen LogP contribution in [0.25, 0.3) is 0 Å². The number of benzene rings is 1. The molecule has 0 radical (unpaired) electrons. The van der Waals surface area contributed by atoms with E-state index in [0.29, 0.717) is 5.75 Å². The van der Waals surface area contributed by atoms with Crippen LogP contribution in [0.3, 0.4) is 0 Å². The van der Waals surface area contributed by atoms with Gasteiger partial charge in [-0.1, -0.05) is 12.2 Å². The van der Waals surface area contributed by atoms with Crippen molar-refractivity contribution in [2.45, 2.75) is 26.1 Å².